The summed E-state index contributed by atoms with van der Waals surface area (Å²) in [6, 6.07) is 8.39. The molecule has 1 aliphatic heterocycles. The van der Waals surface area contributed by atoms with Gasteiger partial charge in [-0.2, -0.15) is 0 Å². The number of ether oxygens (including phenoxy) is 1. The van der Waals surface area contributed by atoms with Crippen LogP contribution in [0.3, 0.4) is 0 Å². The Morgan fingerprint density at radius 1 is 1.47 bits per heavy atom. The fourth-order valence-corrected chi connectivity index (χ4v) is 2.54. The van der Waals surface area contributed by atoms with Gasteiger partial charge in [-0.3, -0.25) is 4.79 Å². The van der Waals surface area contributed by atoms with Crippen molar-refractivity contribution in [2.45, 2.75) is 45.8 Å². The van der Waals surface area contributed by atoms with Crippen LogP contribution < -0.4 is 0 Å². The van der Waals surface area contributed by atoms with Gasteiger partial charge < -0.3 is 9.64 Å². The summed E-state index contributed by atoms with van der Waals surface area (Å²) in [5.41, 5.74) is 2.46. The Bertz CT molecular complexity index is 431. The van der Waals surface area contributed by atoms with Crippen molar-refractivity contribution < 1.29 is 9.53 Å². The molecular formula is C16H23NO2. The summed E-state index contributed by atoms with van der Waals surface area (Å²) in [5, 5.41) is 0. The molecule has 0 spiro atoms. The van der Waals surface area contributed by atoms with Gasteiger partial charge >= 0.3 is 0 Å². The van der Waals surface area contributed by atoms with Crippen molar-refractivity contribution in [3.63, 3.8) is 0 Å². The molecule has 1 heterocycles. The fraction of sp³-hybridized carbons (Fsp3) is 0.562. The molecule has 0 saturated carbocycles. The molecule has 0 aliphatic carbocycles. The number of aryl methyl sites for hydroxylation is 1. The third kappa shape index (κ3) is 4.06. The fourth-order valence-electron chi connectivity index (χ4n) is 2.54. The molecule has 1 amide bonds. The highest BCUT2D eigenvalue weighted by atomic mass is 16.5. The highest BCUT2D eigenvalue weighted by Gasteiger charge is 2.22. The first-order valence-corrected chi connectivity index (χ1v) is 7.14. The molecule has 1 aromatic carbocycles. The third-order valence-electron chi connectivity index (χ3n) is 3.60. The third-order valence-corrected chi connectivity index (χ3v) is 3.60. The summed E-state index contributed by atoms with van der Waals surface area (Å²) in [6.07, 6.45) is 2.87. The van der Waals surface area contributed by atoms with Crippen LogP contribution in [-0.4, -0.2) is 30.0 Å². The van der Waals surface area contributed by atoms with E-state index in [2.05, 4.69) is 31.2 Å². The Kier molecular flexibility index (Phi) is 4.97. The van der Waals surface area contributed by atoms with Crippen molar-refractivity contribution in [3.05, 3.63) is 35.4 Å². The SMILES string of the molecule is CCC(=O)N1CCC[C@H](OCc2cccc(C)c2)C1. The van der Waals surface area contributed by atoms with E-state index in [0.717, 1.165) is 25.9 Å². The zero-order valence-corrected chi connectivity index (χ0v) is 11.9. The molecule has 0 aromatic heterocycles. The van der Waals surface area contributed by atoms with E-state index < -0.39 is 0 Å². The number of carbonyl (C=O) groups excluding carboxylic acids is 1. The summed E-state index contributed by atoms with van der Waals surface area (Å²) in [6.45, 7) is 6.28. The van der Waals surface area contributed by atoms with Crippen LogP contribution in [0.2, 0.25) is 0 Å². The standard InChI is InChI=1S/C16H23NO2/c1-3-16(18)17-9-5-8-15(11-17)19-12-14-7-4-6-13(2)10-14/h4,6-7,10,15H,3,5,8-9,11-12H2,1-2H3/t15-/m0/s1. The zero-order valence-electron chi connectivity index (χ0n) is 11.9. The average molecular weight is 261 g/mol. The molecule has 0 N–H and O–H groups in total. The van der Waals surface area contributed by atoms with Gasteiger partial charge in [0.2, 0.25) is 5.91 Å². The van der Waals surface area contributed by atoms with Crippen LogP contribution in [0.15, 0.2) is 24.3 Å². The lowest BCUT2D eigenvalue weighted by atomic mass is 10.1. The van der Waals surface area contributed by atoms with Crippen LogP contribution in [0.1, 0.15) is 37.3 Å². The van der Waals surface area contributed by atoms with Gasteiger partial charge in [0.25, 0.3) is 0 Å². The lowest BCUT2D eigenvalue weighted by Crippen LogP contribution is -2.42. The van der Waals surface area contributed by atoms with Gasteiger partial charge in [-0.1, -0.05) is 36.8 Å². The van der Waals surface area contributed by atoms with E-state index in [-0.39, 0.29) is 12.0 Å². The van der Waals surface area contributed by atoms with Gasteiger partial charge in [-0.15, -0.1) is 0 Å². The number of likely N-dealkylation sites (tertiary alicyclic amines) is 1. The maximum Gasteiger partial charge on any atom is 0.222 e. The van der Waals surface area contributed by atoms with Crippen molar-refractivity contribution in [2.24, 2.45) is 0 Å². The molecular weight excluding hydrogens is 238 g/mol. The van der Waals surface area contributed by atoms with E-state index in [1.807, 2.05) is 11.8 Å². The highest BCUT2D eigenvalue weighted by molar-refractivity contribution is 5.75. The van der Waals surface area contributed by atoms with E-state index in [1.165, 1.54) is 11.1 Å². The van der Waals surface area contributed by atoms with Crippen LogP contribution >= 0.6 is 0 Å². The maximum atomic E-state index is 11.7. The van der Waals surface area contributed by atoms with E-state index in [1.54, 1.807) is 0 Å². The molecule has 19 heavy (non-hydrogen) atoms. The minimum Gasteiger partial charge on any atom is -0.372 e. The molecule has 1 fully saturated rings. The summed E-state index contributed by atoms with van der Waals surface area (Å²) < 4.78 is 5.96. The molecule has 2 rings (SSSR count). The second kappa shape index (κ2) is 6.71. The predicted molar refractivity (Wildman–Crippen MR) is 75.9 cm³/mol. The van der Waals surface area contributed by atoms with Crippen molar-refractivity contribution in [3.8, 4) is 0 Å². The summed E-state index contributed by atoms with van der Waals surface area (Å²) in [4.78, 5) is 13.6. The Morgan fingerprint density at radius 3 is 3.05 bits per heavy atom. The monoisotopic (exact) mass is 261 g/mol. The summed E-state index contributed by atoms with van der Waals surface area (Å²) in [5.74, 6) is 0.240. The first-order chi connectivity index (χ1) is 9.19. The second-order valence-electron chi connectivity index (χ2n) is 5.26. The number of amides is 1. The van der Waals surface area contributed by atoms with Crippen molar-refractivity contribution in [2.75, 3.05) is 13.1 Å². The average Bonchev–Trinajstić information content (AvgIpc) is 2.45. The molecule has 1 atom stereocenters. The molecule has 1 saturated heterocycles. The maximum absolute atomic E-state index is 11.7. The van der Waals surface area contributed by atoms with Gasteiger partial charge in [-0.05, 0) is 25.3 Å². The van der Waals surface area contributed by atoms with E-state index in [4.69, 9.17) is 4.74 Å². The van der Waals surface area contributed by atoms with Crippen LogP contribution in [0, 0.1) is 6.92 Å². The molecule has 104 valence electrons. The van der Waals surface area contributed by atoms with Gasteiger partial charge in [-0.25, -0.2) is 0 Å². The van der Waals surface area contributed by atoms with E-state index in [9.17, 15) is 4.79 Å². The minimum absolute atomic E-state index is 0.185. The first-order valence-electron chi connectivity index (χ1n) is 7.14. The highest BCUT2D eigenvalue weighted by Crippen LogP contribution is 2.16. The number of piperidine rings is 1. The Morgan fingerprint density at radius 2 is 2.32 bits per heavy atom. The normalized spacial score (nSPS) is 19.5. The van der Waals surface area contributed by atoms with Crippen molar-refractivity contribution >= 4 is 5.91 Å². The van der Waals surface area contributed by atoms with Gasteiger partial charge in [0.05, 0.1) is 12.7 Å². The number of rotatable bonds is 4. The topological polar surface area (TPSA) is 29.5 Å². The number of hydrogen-bond acceptors (Lipinski definition) is 2. The zero-order chi connectivity index (χ0) is 13.7. The molecule has 0 radical (unpaired) electrons. The number of benzene rings is 1. The summed E-state index contributed by atoms with van der Waals surface area (Å²) in [7, 11) is 0. The number of carbonyl (C=O) groups is 1. The van der Waals surface area contributed by atoms with Crippen LogP contribution in [-0.2, 0) is 16.1 Å². The number of nitrogens with zero attached hydrogens (tertiary/aromatic N) is 1. The van der Waals surface area contributed by atoms with Gasteiger partial charge in [0.1, 0.15) is 0 Å². The van der Waals surface area contributed by atoms with Gasteiger partial charge in [0.15, 0.2) is 0 Å². The molecule has 1 aliphatic rings. The summed E-state index contributed by atoms with van der Waals surface area (Å²) >= 11 is 0. The lowest BCUT2D eigenvalue weighted by molar-refractivity contribution is -0.135. The Labute approximate surface area is 115 Å². The van der Waals surface area contributed by atoms with Gasteiger partial charge in [0, 0.05) is 19.5 Å². The first kappa shape index (κ1) is 14.1. The van der Waals surface area contributed by atoms with E-state index >= 15 is 0 Å². The predicted octanol–water partition coefficient (Wildman–Crippen LogP) is 2.91. The second-order valence-corrected chi connectivity index (χ2v) is 5.26. The lowest BCUT2D eigenvalue weighted by Gasteiger charge is -2.32. The largest absolute Gasteiger partial charge is 0.372 e. The molecule has 0 unspecified atom stereocenters. The smallest absolute Gasteiger partial charge is 0.222 e. The van der Waals surface area contributed by atoms with Crippen molar-refractivity contribution in [1.29, 1.82) is 0 Å². The van der Waals surface area contributed by atoms with E-state index in [0.29, 0.717) is 13.0 Å². The Hall–Kier alpha value is -1.35. The molecule has 1 aromatic rings. The van der Waals surface area contributed by atoms with Crippen molar-refractivity contribution in [1.82, 2.24) is 4.90 Å². The molecule has 3 heteroatoms. The minimum atomic E-state index is 0.185. The molecule has 3 nitrogen and oxygen atoms in total. The number of hydrogen-bond donors (Lipinski definition) is 0. The van der Waals surface area contributed by atoms with Crippen LogP contribution in [0.5, 0.6) is 0 Å². The quantitative estimate of drug-likeness (QED) is 0.834. The van der Waals surface area contributed by atoms with Crippen LogP contribution in [0.4, 0.5) is 0 Å². The Balaban J connectivity index is 1.84. The van der Waals surface area contributed by atoms with Crippen LogP contribution in [0.25, 0.3) is 0 Å². The molecule has 0 bridgehead atoms.